The number of fused-ring (bicyclic) bond motifs is 2. The Morgan fingerprint density at radius 3 is 2.47 bits per heavy atom. The van der Waals surface area contributed by atoms with E-state index in [1.165, 1.54) is 48.5 Å². The summed E-state index contributed by atoms with van der Waals surface area (Å²) in [5.74, 6) is -2.77. The predicted molar refractivity (Wildman–Crippen MR) is 247 cm³/mol. The van der Waals surface area contributed by atoms with Crippen LogP contribution >= 0.6 is 0 Å². The minimum absolute atomic E-state index is 0.0241. The first kappa shape index (κ1) is 47.9. The van der Waals surface area contributed by atoms with Crippen molar-refractivity contribution < 1.29 is 37.9 Å². The Hall–Kier alpha value is -7.56. The molecule has 3 aromatic carbocycles. The van der Waals surface area contributed by atoms with E-state index in [1.54, 1.807) is 22.9 Å². The molecule has 0 spiro atoms. The zero-order chi connectivity index (χ0) is 47.0. The molecule has 0 bridgehead atoms. The van der Waals surface area contributed by atoms with Crippen molar-refractivity contribution >= 4 is 53.4 Å². The van der Waals surface area contributed by atoms with Crippen molar-refractivity contribution in [1.29, 1.82) is 0 Å². The van der Waals surface area contributed by atoms with Gasteiger partial charge in [0, 0.05) is 56.3 Å². The van der Waals surface area contributed by atoms with Crippen LogP contribution in [0.25, 0.3) is 23.1 Å². The van der Waals surface area contributed by atoms with Crippen molar-refractivity contribution in [2.75, 3.05) is 38.6 Å². The van der Waals surface area contributed by atoms with Crippen LogP contribution in [0.2, 0.25) is 0 Å². The van der Waals surface area contributed by atoms with E-state index in [2.05, 4.69) is 68.2 Å². The summed E-state index contributed by atoms with van der Waals surface area (Å²) in [6.07, 6.45) is 15.5. The highest BCUT2D eigenvalue weighted by molar-refractivity contribution is 6.07. The number of allylic oxidation sites excluding steroid dienone is 1. The maximum absolute atomic E-state index is 15.3. The second kappa shape index (κ2) is 23.4. The van der Waals surface area contributed by atoms with Crippen LogP contribution in [-0.2, 0) is 20.8 Å². The number of aromatic nitrogens is 4. The molecule has 2 aliphatic heterocycles. The van der Waals surface area contributed by atoms with Crippen molar-refractivity contribution in [2.45, 2.75) is 70.8 Å². The van der Waals surface area contributed by atoms with Crippen molar-refractivity contribution in [2.24, 2.45) is 0 Å². The molecule has 1 unspecified atom stereocenters. The molecule has 0 saturated carbocycles. The molecule has 2 aromatic heterocycles. The fourth-order valence-electron chi connectivity index (χ4n) is 7.56. The van der Waals surface area contributed by atoms with Gasteiger partial charge in [0.1, 0.15) is 23.3 Å². The van der Waals surface area contributed by atoms with E-state index in [-0.39, 0.29) is 35.3 Å². The standard InChI is InChI=1S/C46H48FN9O7.C3H6/c1-55(38-17-18-40(58)53-44(38)61)45(62)42-32(27-57)10-8-12-39(42)63-28-41(59)49-19-6-4-2-3-5-7-20-50-43(60)34-15-14-31(24-35(34)47)37-26-52-46-51-25-33(56(46)54-37)23-29-13-16-36-30(22-29)11-9-21-48-36;1-3-2/h8-16,22,24-27,38,48H,2-7,17-21,23,28H2,1H3,(H,49,59)(H,50,60)(H,53,58,61);3H,1H2,2H3. The molecule has 5 amide bonds. The number of ether oxygens (including phenoxy) is 1. The van der Waals surface area contributed by atoms with Gasteiger partial charge in [-0.3, -0.25) is 34.1 Å². The fourth-order valence-corrected chi connectivity index (χ4v) is 7.56. The molecule has 0 aliphatic carbocycles. The van der Waals surface area contributed by atoms with Gasteiger partial charge in [-0.15, -0.1) is 6.58 Å². The Bertz CT molecular complexity index is 2630. The molecule has 16 nitrogen and oxygen atoms in total. The fraction of sp³-hybridized carbons (Fsp3) is 0.327. The van der Waals surface area contributed by atoms with Crippen molar-refractivity contribution in [1.82, 2.24) is 40.4 Å². The van der Waals surface area contributed by atoms with Gasteiger partial charge < -0.3 is 25.6 Å². The minimum Gasteiger partial charge on any atom is -0.483 e. The lowest BCUT2D eigenvalue weighted by Gasteiger charge is -2.30. The van der Waals surface area contributed by atoms with Crippen LogP contribution < -0.4 is 26.0 Å². The summed E-state index contributed by atoms with van der Waals surface area (Å²) in [4.78, 5) is 84.4. The van der Waals surface area contributed by atoms with Crippen LogP contribution in [-0.4, -0.2) is 99.6 Å². The number of hydrogen-bond acceptors (Lipinski definition) is 11. The number of hydrogen-bond donors (Lipinski definition) is 4. The molecule has 4 N–H and O–H groups in total. The molecule has 1 fully saturated rings. The zero-order valence-corrected chi connectivity index (χ0v) is 37.1. The first-order chi connectivity index (χ1) is 32.0. The van der Waals surface area contributed by atoms with Gasteiger partial charge in [0.15, 0.2) is 12.9 Å². The molecule has 1 atom stereocenters. The maximum atomic E-state index is 15.3. The highest BCUT2D eigenvalue weighted by Gasteiger charge is 2.34. The number of benzene rings is 3. The molecule has 0 radical (unpaired) electrons. The number of unbranched alkanes of at least 4 members (excludes halogenated alkanes) is 5. The molecule has 5 aromatic rings. The number of nitrogens with one attached hydrogen (secondary N) is 4. The second-order valence-corrected chi connectivity index (χ2v) is 15.8. The van der Waals surface area contributed by atoms with Crippen LogP contribution in [0.3, 0.4) is 0 Å². The van der Waals surface area contributed by atoms with Gasteiger partial charge in [0.05, 0.1) is 29.2 Å². The molecule has 1 saturated heterocycles. The monoisotopic (exact) mass is 899 g/mol. The number of carbonyl (C=O) groups excluding carboxylic acids is 6. The third-order valence-corrected chi connectivity index (χ3v) is 11.0. The summed E-state index contributed by atoms with van der Waals surface area (Å²) in [5, 5.41) is 15.9. The van der Waals surface area contributed by atoms with Crippen LogP contribution in [0, 0.1) is 5.82 Å². The van der Waals surface area contributed by atoms with E-state index >= 15 is 4.39 Å². The number of imide groups is 1. The third kappa shape index (κ3) is 12.4. The van der Waals surface area contributed by atoms with Crippen LogP contribution in [0.4, 0.5) is 10.1 Å². The molecule has 344 valence electrons. The van der Waals surface area contributed by atoms with Gasteiger partial charge in [-0.25, -0.2) is 18.9 Å². The average Bonchev–Trinajstić information content (AvgIpc) is 3.72. The first-order valence-electron chi connectivity index (χ1n) is 22.0. The number of halogens is 1. The summed E-state index contributed by atoms with van der Waals surface area (Å²) < 4.78 is 22.6. The summed E-state index contributed by atoms with van der Waals surface area (Å²) >= 11 is 0. The Morgan fingerprint density at radius 1 is 0.985 bits per heavy atom. The lowest BCUT2D eigenvalue weighted by Crippen LogP contribution is -2.53. The van der Waals surface area contributed by atoms with Crippen molar-refractivity contribution in [3.63, 3.8) is 0 Å². The smallest absolute Gasteiger partial charge is 0.258 e. The largest absolute Gasteiger partial charge is 0.483 e. The average molecular weight is 900 g/mol. The number of piperidine rings is 1. The maximum Gasteiger partial charge on any atom is 0.258 e. The van der Waals surface area contributed by atoms with E-state index in [4.69, 9.17) is 9.84 Å². The van der Waals surface area contributed by atoms with Gasteiger partial charge >= 0.3 is 0 Å². The molecular weight excluding hydrogens is 846 g/mol. The number of likely N-dealkylation sites (N-methyl/N-ethyl adjacent to an activating group) is 1. The summed E-state index contributed by atoms with van der Waals surface area (Å²) in [7, 11) is 1.41. The molecule has 7 rings (SSSR count). The van der Waals surface area contributed by atoms with Gasteiger partial charge in [-0.1, -0.05) is 68.2 Å². The van der Waals surface area contributed by atoms with Gasteiger partial charge in [-0.05, 0) is 67.6 Å². The molecule has 2 aliphatic rings. The van der Waals surface area contributed by atoms with Gasteiger partial charge in [0.2, 0.25) is 11.8 Å². The van der Waals surface area contributed by atoms with E-state index in [1.807, 2.05) is 6.92 Å². The molecular formula is C49H54FN9O7. The Kier molecular flexibility index (Phi) is 17.0. The number of nitrogens with zero attached hydrogens (tertiary/aromatic N) is 5. The highest BCUT2D eigenvalue weighted by atomic mass is 19.1. The summed E-state index contributed by atoms with van der Waals surface area (Å²) in [6, 6.07) is 14.2. The highest BCUT2D eigenvalue weighted by Crippen LogP contribution is 2.27. The van der Waals surface area contributed by atoms with Crippen molar-refractivity contribution in [3.05, 3.63) is 125 Å². The number of carbonyl (C=O) groups is 6. The van der Waals surface area contributed by atoms with Gasteiger partial charge in [0.25, 0.3) is 23.5 Å². The van der Waals surface area contributed by atoms with Gasteiger partial charge in [-0.2, -0.15) is 5.10 Å². The van der Waals surface area contributed by atoms with E-state index < -0.39 is 48.0 Å². The molecule has 4 heterocycles. The molecule has 66 heavy (non-hydrogen) atoms. The number of rotatable bonds is 19. The first-order valence-corrected chi connectivity index (χ1v) is 22.0. The Morgan fingerprint density at radius 2 is 1.73 bits per heavy atom. The number of amides is 5. The predicted octanol–water partition coefficient (Wildman–Crippen LogP) is 6.11. The SMILES string of the molecule is C=CC.CN(C(=O)c1c(C=O)cccc1OCC(=O)NCCCCCCCCNC(=O)c1ccc(-c2cnc3ncc(Cc4ccc5c(c4)C=CCN5)n3n2)cc1F)C1CCC(=O)NC1=O. The number of aldehydes is 1. The lowest BCUT2D eigenvalue weighted by molar-refractivity contribution is -0.136. The quantitative estimate of drug-likeness (QED) is 0.0322. The third-order valence-electron chi connectivity index (χ3n) is 11.0. The summed E-state index contributed by atoms with van der Waals surface area (Å²) in [6.45, 7) is 6.47. The lowest BCUT2D eigenvalue weighted by atomic mass is 10.0. The number of anilines is 1. The minimum atomic E-state index is -0.899. The topological polar surface area (TPSA) is 206 Å². The zero-order valence-electron chi connectivity index (χ0n) is 37.1. The van der Waals surface area contributed by atoms with Crippen LogP contribution in [0.15, 0.2) is 85.7 Å². The van der Waals surface area contributed by atoms with E-state index in [0.717, 1.165) is 67.6 Å². The van der Waals surface area contributed by atoms with E-state index in [0.29, 0.717) is 42.8 Å². The molecule has 17 heteroatoms. The van der Waals surface area contributed by atoms with Crippen LogP contribution in [0.1, 0.15) is 106 Å². The van der Waals surface area contributed by atoms with Crippen LogP contribution in [0.5, 0.6) is 5.75 Å². The Balaban J connectivity index is 0.00000234. The Labute approximate surface area is 382 Å². The number of imidazole rings is 1. The second-order valence-electron chi connectivity index (χ2n) is 15.8. The van der Waals surface area contributed by atoms with Crippen molar-refractivity contribution in [3.8, 4) is 17.0 Å². The summed E-state index contributed by atoms with van der Waals surface area (Å²) in [5.41, 5.74) is 4.98. The normalized spacial score (nSPS) is 13.9. The van der Waals surface area contributed by atoms with E-state index in [9.17, 15) is 28.8 Å².